The lowest BCUT2D eigenvalue weighted by molar-refractivity contribution is -0.906. The fourth-order valence-electron chi connectivity index (χ4n) is 3.09. The predicted molar refractivity (Wildman–Crippen MR) is 124 cm³/mol. The van der Waals surface area contributed by atoms with E-state index in [0.29, 0.717) is 6.61 Å². The molecule has 0 aliphatic carbocycles. The van der Waals surface area contributed by atoms with Crippen LogP contribution in [0.1, 0.15) is 64.7 Å². The van der Waals surface area contributed by atoms with Crippen LogP contribution in [0.4, 0.5) is 0 Å². The highest BCUT2D eigenvalue weighted by Gasteiger charge is 2.20. The summed E-state index contributed by atoms with van der Waals surface area (Å²) in [5.41, 5.74) is 0. The number of hydrogen-bond acceptors (Lipinski definition) is 3. The van der Waals surface area contributed by atoms with Crippen LogP contribution in [0.15, 0.2) is 50.6 Å². The van der Waals surface area contributed by atoms with Crippen molar-refractivity contribution in [3.05, 3.63) is 50.6 Å². The minimum absolute atomic E-state index is 0.356. The summed E-state index contributed by atoms with van der Waals surface area (Å²) >= 11 is 0. The SMILES string of the molecule is C=CC[N+](CC=C)(CC=C)CC=C.CCCCCCCCCCCO[SH](=O)=O. The van der Waals surface area contributed by atoms with E-state index in [0.717, 1.165) is 43.5 Å². The first-order valence-corrected chi connectivity index (χ1v) is 11.7. The number of quaternary nitrogens is 1. The van der Waals surface area contributed by atoms with Crippen molar-refractivity contribution in [2.45, 2.75) is 64.7 Å². The molecule has 0 rings (SSSR count). The van der Waals surface area contributed by atoms with E-state index in [1.165, 1.54) is 44.9 Å². The standard InChI is InChI=1S/C12H20N.C11H24O3S/c1-5-9-13(10-6-2,11-7-3)12-8-4;1-2-3-4-5-6-7-8-9-10-11-14-15(12)13/h5-8H,1-4,9-12H2;15H,2-11H2,1H3/q+1;. The molecule has 0 bridgehead atoms. The van der Waals surface area contributed by atoms with Gasteiger partial charge in [0.1, 0.15) is 0 Å². The van der Waals surface area contributed by atoms with Crippen LogP contribution >= 0.6 is 0 Å². The molecule has 0 N–H and O–H groups in total. The predicted octanol–water partition coefficient (Wildman–Crippen LogP) is 5.61. The molecular weight excluding hydrogens is 370 g/mol. The lowest BCUT2D eigenvalue weighted by Crippen LogP contribution is -2.48. The lowest BCUT2D eigenvalue weighted by Gasteiger charge is -2.35. The monoisotopic (exact) mass is 414 g/mol. The van der Waals surface area contributed by atoms with Gasteiger partial charge in [-0.2, -0.15) is 0 Å². The molecule has 0 saturated carbocycles. The second kappa shape index (κ2) is 22.1. The van der Waals surface area contributed by atoms with Crippen LogP contribution in [0.3, 0.4) is 0 Å². The summed E-state index contributed by atoms with van der Waals surface area (Å²) in [7, 11) is -2.64. The largest absolute Gasteiger partial charge is 0.311 e. The molecule has 28 heavy (non-hydrogen) atoms. The molecule has 5 heteroatoms. The van der Waals surface area contributed by atoms with Crippen LogP contribution in [0.2, 0.25) is 0 Å². The second-order valence-electron chi connectivity index (χ2n) is 7.11. The maximum absolute atomic E-state index is 10.0. The first-order chi connectivity index (χ1) is 13.5. The van der Waals surface area contributed by atoms with Gasteiger partial charge in [-0.15, -0.1) is 0 Å². The molecule has 0 radical (unpaired) electrons. The van der Waals surface area contributed by atoms with Crippen molar-refractivity contribution in [3.8, 4) is 0 Å². The normalized spacial score (nSPS) is 10.8. The maximum Gasteiger partial charge on any atom is 0.257 e. The van der Waals surface area contributed by atoms with E-state index in [4.69, 9.17) is 0 Å². The smallest absolute Gasteiger partial charge is 0.257 e. The van der Waals surface area contributed by atoms with Crippen LogP contribution in [0, 0.1) is 0 Å². The van der Waals surface area contributed by atoms with Gasteiger partial charge >= 0.3 is 0 Å². The number of hydrogen-bond donors (Lipinski definition) is 1. The number of unbranched alkanes of at least 4 members (excludes halogenated alkanes) is 8. The van der Waals surface area contributed by atoms with Gasteiger partial charge in [-0.3, -0.25) is 4.18 Å². The van der Waals surface area contributed by atoms with Crippen LogP contribution in [-0.4, -0.2) is 45.7 Å². The molecule has 0 spiro atoms. The Hall–Kier alpha value is -1.17. The summed E-state index contributed by atoms with van der Waals surface area (Å²) in [4.78, 5) is 0. The van der Waals surface area contributed by atoms with E-state index in [1.807, 2.05) is 24.3 Å². The highest BCUT2D eigenvalue weighted by atomic mass is 32.2. The molecule has 0 aromatic heterocycles. The maximum atomic E-state index is 10.0. The van der Waals surface area contributed by atoms with Crippen molar-refractivity contribution in [3.63, 3.8) is 0 Å². The summed E-state index contributed by atoms with van der Waals surface area (Å²) in [6, 6.07) is 0. The van der Waals surface area contributed by atoms with Gasteiger partial charge in [-0.25, -0.2) is 8.42 Å². The average molecular weight is 415 g/mol. The van der Waals surface area contributed by atoms with Gasteiger partial charge in [-0.05, 0) is 30.7 Å². The van der Waals surface area contributed by atoms with Crippen molar-refractivity contribution >= 4 is 11.0 Å². The van der Waals surface area contributed by atoms with Crippen LogP contribution in [0.25, 0.3) is 0 Å². The quantitative estimate of drug-likeness (QED) is 0.129. The third-order valence-corrected chi connectivity index (χ3v) is 4.90. The Labute approximate surface area is 176 Å². The number of nitrogens with zero attached hydrogens (tertiary/aromatic N) is 1. The fourth-order valence-corrected chi connectivity index (χ4v) is 3.37. The third-order valence-electron chi connectivity index (χ3n) is 4.51. The van der Waals surface area contributed by atoms with Gasteiger partial charge < -0.3 is 4.48 Å². The topological polar surface area (TPSA) is 43.4 Å². The molecule has 164 valence electrons. The molecular formula is C23H44NO3S+. The van der Waals surface area contributed by atoms with Crippen LogP contribution < -0.4 is 0 Å². The van der Waals surface area contributed by atoms with Crippen LogP contribution in [-0.2, 0) is 15.2 Å². The molecule has 0 heterocycles. The number of rotatable bonds is 19. The minimum Gasteiger partial charge on any atom is -0.311 e. The van der Waals surface area contributed by atoms with Gasteiger partial charge in [0, 0.05) is 0 Å². The summed E-state index contributed by atoms with van der Waals surface area (Å²) in [5.74, 6) is 0. The zero-order chi connectivity index (χ0) is 21.5. The van der Waals surface area contributed by atoms with Crippen molar-refractivity contribution in [2.24, 2.45) is 0 Å². The van der Waals surface area contributed by atoms with Gasteiger partial charge in [0.05, 0.1) is 32.8 Å². The molecule has 0 unspecified atom stereocenters. The minimum atomic E-state index is -2.64. The molecule has 0 aliphatic heterocycles. The van der Waals surface area contributed by atoms with E-state index in [9.17, 15) is 8.42 Å². The first-order valence-electron chi connectivity index (χ1n) is 10.6. The van der Waals surface area contributed by atoms with E-state index >= 15 is 0 Å². The summed E-state index contributed by atoms with van der Waals surface area (Å²) in [6.07, 6.45) is 18.8. The van der Waals surface area contributed by atoms with E-state index in [-0.39, 0.29) is 0 Å². The van der Waals surface area contributed by atoms with Gasteiger partial charge in [0.15, 0.2) is 0 Å². The molecule has 4 nitrogen and oxygen atoms in total. The molecule has 0 amide bonds. The first kappa shape index (κ1) is 29.0. The second-order valence-corrected chi connectivity index (χ2v) is 7.82. The Morgan fingerprint density at radius 3 is 1.36 bits per heavy atom. The zero-order valence-electron chi connectivity index (χ0n) is 18.2. The number of thiol groups is 1. The van der Waals surface area contributed by atoms with Gasteiger partial charge in [-0.1, -0.05) is 84.6 Å². The highest BCUT2D eigenvalue weighted by Crippen LogP contribution is 2.09. The molecule has 0 aromatic rings. The Kier molecular flexibility index (Phi) is 22.9. The zero-order valence-corrected chi connectivity index (χ0v) is 19.1. The summed E-state index contributed by atoms with van der Waals surface area (Å²) in [6.45, 7) is 21.4. The third kappa shape index (κ3) is 19.6. The summed E-state index contributed by atoms with van der Waals surface area (Å²) < 4.78 is 25.5. The van der Waals surface area contributed by atoms with Crippen molar-refractivity contribution in [1.82, 2.24) is 0 Å². The summed E-state index contributed by atoms with van der Waals surface area (Å²) in [5, 5.41) is 0. The average Bonchev–Trinajstić information content (AvgIpc) is 2.64. The van der Waals surface area contributed by atoms with Crippen molar-refractivity contribution in [1.29, 1.82) is 0 Å². The Morgan fingerprint density at radius 2 is 1.04 bits per heavy atom. The van der Waals surface area contributed by atoms with Crippen molar-refractivity contribution in [2.75, 3.05) is 32.8 Å². The lowest BCUT2D eigenvalue weighted by atomic mass is 10.1. The molecule has 0 saturated heterocycles. The van der Waals surface area contributed by atoms with E-state index in [1.54, 1.807) is 0 Å². The molecule has 0 fully saturated rings. The Morgan fingerprint density at radius 1 is 0.679 bits per heavy atom. The van der Waals surface area contributed by atoms with Gasteiger partial charge in [0.25, 0.3) is 11.0 Å². The molecule has 0 atom stereocenters. The fraction of sp³-hybridized carbons (Fsp3) is 0.652. The Bertz CT molecular complexity index is 419. The highest BCUT2D eigenvalue weighted by molar-refractivity contribution is 7.67. The van der Waals surface area contributed by atoms with Gasteiger partial charge in [0.2, 0.25) is 0 Å². The molecule has 0 aliphatic rings. The van der Waals surface area contributed by atoms with E-state index in [2.05, 4.69) is 37.4 Å². The van der Waals surface area contributed by atoms with Crippen LogP contribution in [0.5, 0.6) is 0 Å². The molecule has 0 aromatic carbocycles. The van der Waals surface area contributed by atoms with Crippen molar-refractivity contribution < 1.29 is 17.1 Å². The Balaban J connectivity index is 0. The van der Waals surface area contributed by atoms with E-state index < -0.39 is 11.0 Å².